The highest BCUT2D eigenvalue weighted by molar-refractivity contribution is 5.30. The summed E-state index contributed by atoms with van der Waals surface area (Å²) in [5.41, 5.74) is 0.598. The average molecular weight is 253 g/mol. The molecule has 0 atom stereocenters. The number of rotatable bonds is 9. The molecule has 18 heavy (non-hydrogen) atoms. The van der Waals surface area contributed by atoms with Crippen LogP contribution in [0.5, 0.6) is 5.75 Å². The molecular formula is C14H20FNO2. The smallest absolute Gasteiger partial charge is 0.169 e. The molecule has 0 aliphatic heterocycles. The van der Waals surface area contributed by atoms with Gasteiger partial charge in [-0.3, -0.25) is 0 Å². The van der Waals surface area contributed by atoms with Gasteiger partial charge in [0, 0.05) is 18.7 Å². The lowest BCUT2D eigenvalue weighted by atomic mass is 10.2. The molecule has 0 bridgehead atoms. The van der Waals surface area contributed by atoms with Gasteiger partial charge in [0.2, 0.25) is 0 Å². The van der Waals surface area contributed by atoms with Gasteiger partial charge in [0.15, 0.2) is 11.6 Å². The minimum Gasteiger partial charge on any atom is -0.494 e. The molecule has 0 aliphatic rings. The Hall–Kier alpha value is -1.39. The van der Waals surface area contributed by atoms with Crippen LogP contribution in [0.15, 0.2) is 30.9 Å². The summed E-state index contributed by atoms with van der Waals surface area (Å²) in [6.45, 7) is 6.06. The van der Waals surface area contributed by atoms with E-state index in [1.165, 1.54) is 7.11 Å². The van der Waals surface area contributed by atoms with Crippen LogP contribution < -0.4 is 10.1 Å². The largest absolute Gasteiger partial charge is 0.494 e. The second-order valence-corrected chi connectivity index (χ2v) is 3.80. The lowest BCUT2D eigenvalue weighted by molar-refractivity contribution is 0.140. The predicted octanol–water partition coefficient (Wildman–Crippen LogP) is 2.52. The SMILES string of the molecule is C=CCCOCCNCc1cccc(OC)c1F. The van der Waals surface area contributed by atoms with Crippen LogP contribution in [-0.2, 0) is 11.3 Å². The summed E-state index contributed by atoms with van der Waals surface area (Å²) in [5.74, 6) is -0.0309. The molecule has 0 spiro atoms. The van der Waals surface area contributed by atoms with E-state index in [1.54, 1.807) is 18.2 Å². The van der Waals surface area contributed by atoms with Crippen molar-refractivity contribution in [1.82, 2.24) is 5.32 Å². The number of hydrogen-bond donors (Lipinski definition) is 1. The summed E-state index contributed by atoms with van der Waals surface area (Å²) in [6.07, 6.45) is 2.67. The maximum absolute atomic E-state index is 13.7. The Morgan fingerprint density at radius 2 is 2.22 bits per heavy atom. The lowest BCUT2D eigenvalue weighted by Crippen LogP contribution is -2.20. The molecule has 3 nitrogen and oxygen atoms in total. The first-order valence-electron chi connectivity index (χ1n) is 6.00. The van der Waals surface area contributed by atoms with Gasteiger partial charge in [-0.2, -0.15) is 0 Å². The summed E-state index contributed by atoms with van der Waals surface area (Å²) in [7, 11) is 1.46. The topological polar surface area (TPSA) is 30.5 Å². The Balaban J connectivity index is 2.25. The van der Waals surface area contributed by atoms with Crippen LogP contribution in [0.2, 0.25) is 0 Å². The second kappa shape index (κ2) is 8.66. The van der Waals surface area contributed by atoms with E-state index in [9.17, 15) is 4.39 Å². The van der Waals surface area contributed by atoms with Gasteiger partial charge in [0.25, 0.3) is 0 Å². The minimum absolute atomic E-state index is 0.275. The number of halogens is 1. The number of methoxy groups -OCH3 is 1. The molecule has 0 aliphatic carbocycles. The van der Waals surface area contributed by atoms with E-state index >= 15 is 0 Å². The van der Waals surface area contributed by atoms with Crippen LogP contribution in [0.25, 0.3) is 0 Å². The number of ether oxygens (including phenoxy) is 2. The molecule has 1 rings (SSSR count). The van der Waals surface area contributed by atoms with Crippen molar-refractivity contribution in [2.24, 2.45) is 0 Å². The third kappa shape index (κ3) is 4.85. The molecule has 1 aromatic carbocycles. The Bertz CT molecular complexity index is 369. The second-order valence-electron chi connectivity index (χ2n) is 3.80. The minimum atomic E-state index is -0.305. The van der Waals surface area contributed by atoms with Crippen molar-refractivity contribution < 1.29 is 13.9 Å². The first kappa shape index (κ1) is 14.7. The van der Waals surface area contributed by atoms with Gasteiger partial charge < -0.3 is 14.8 Å². The van der Waals surface area contributed by atoms with Gasteiger partial charge in [-0.1, -0.05) is 18.2 Å². The van der Waals surface area contributed by atoms with Crippen LogP contribution >= 0.6 is 0 Å². The molecule has 1 N–H and O–H groups in total. The van der Waals surface area contributed by atoms with E-state index in [-0.39, 0.29) is 11.6 Å². The van der Waals surface area contributed by atoms with Gasteiger partial charge in [-0.15, -0.1) is 6.58 Å². The van der Waals surface area contributed by atoms with Crippen molar-refractivity contribution in [3.63, 3.8) is 0 Å². The maximum Gasteiger partial charge on any atom is 0.169 e. The number of hydrogen-bond acceptors (Lipinski definition) is 3. The molecule has 4 heteroatoms. The first-order valence-corrected chi connectivity index (χ1v) is 6.00. The van der Waals surface area contributed by atoms with E-state index in [0.717, 1.165) is 6.42 Å². The fourth-order valence-electron chi connectivity index (χ4n) is 1.49. The third-order valence-electron chi connectivity index (χ3n) is 2.47. The molecule has 0 radical (unpaired) electrons. The normalized spacial score (nSPS) is 10.3. The van der Waals surface area contributed by atoms with Gasteiger partial charge in [0.1, 0.15) is 0 Å². The van der Waals surface area contributed by atoms with Crippen molar-refractivity contribution in [2.75, 3.05) is 26.9 Å². The van der Waals surface area contributed by atoms with Crippen molar-refractivity contribution in [3.8, 4) is 5.75 Å². The quantitative estimate of drug-likeness (QED) is 0.542. The molecule has 0 fully saturated rings. The Labute approximate surface area is 108 Å². The number of benzene rings is 1. The maximum atomic E-state index is 13.7. The lowest BCUT2D eigenvalue weighted by Gasteiger charge is -2.08. The summed E-state index contributed by atoms with van der Waals surface area (Å²) in [5, 5.41) is 3.12. The molecule has 1 aromatic rings. The zero-order valence-electron chi connectivity index (χ0n) is 10.7. The zero-order valence-corrected chi connectivity index (χ0v) is 10.7. The fourth-order valence-corrected chi connectivity index (χ4v) is 1.49. The van der Waals surface area contributed by atoms with E-state index in [1.807, 2.05) is 6.08 Å². The molecule has 0 amide bonds. The van der Waals surface area contributed by atoms with Crippen LogP contribution in [0.1, 0.15) is 12.0 Å². The van der Waals surface area contributed by atoms with Crippen LogP contribution in [0, 0.1) is 5.82 Å². The fraction of sp³-hybridized carbons (Fsp3) is 0.429. The summed E-state index contributed by atoms with van der Waals surface area (Å²) in [6, 6.07) is 5.13. The molecule has 100 valence electrons. The molecule has 0 unspecified atom stereocenters. The molecule has 0 saturated heterocycles. The highest BCUT2D eigenvalue weighted by Crippen LogP contribution is 2.19. The van der Waals surface area contributed by atoms with E-state index in [0.29, 0.717) is 31.9 Å². The third-order valence-corrected chi connectivity index (χ3v) is 2.47. The molecular weight excluding hydrogens is 233 g/mol. The van der Waals surface area contributed by atoms with E-state index in [4.69, 9.17) is 9.47 Å². The highest BCUT2D eigenvalue weighted by atomic mass is 19.1. The Morgan fingerprint density at radius 3 is 2.94 bits per heavy atom. The van der Waals surface area contributed by atoms with E-state index in [2.05, 4.69) is 11.9 Å². The average Bonchev–Trinajstić information content (AvgIpc) is 2.39. The van der Waals surface area contributed by atoms with Crippen molar-refractivity contribution in [2.45, 2.75) is 13.0 Å². The van der Waals surface area contributed by atoms with Crippen molar-refractivity contribution in [1.29, 1.82) is 0 Å². The standard InChI is InChI=1S/C14H20FNO2/c1-3-4-9-18-10-8-16-11-12-6-5-7-13(17-2)14(12)15/h3,5-7,16H,1,4,8-11H2,2H3. The number of nitrogens with one attached hydrogen (secondary N) is 1. The van der Waals surface area contributed by atoms with Crippen LogP contribution in [-0.4, -0.2) is 26.9 Å². The van der Waals surface area contributed by atoms with Gasteiger partial charge >= 0.3 is 0 Å². The van der Waals surface area contributed by atoms with Crippen LogP contribution in [0.3, 0.4) is 0 Å². The molecule has 0 saturated carbocycles. The predicted molar refractivity (Wildman–Crippen MR) is 70.3 cm³/mol. The summed E-state index contributed by atoms with van der Waals surface area (Å²) >= 11 is 0. The first-order chi connectivity index (χ1) is 8.79. The Morgan fingerprint density at radius 1 is 1.39 bits per heavy atom. The van der Waals surface area contributed by atoms with E-state index < -0.39 is 0 Å². The van der Waals surface area contributed by atoms with Gasteiger partial charge in [-0.05, 0) is 12.5 Å². The van der Waals surface area contributed by atoms with Gasteiger partial charge in [0.05, 0.1) is 20.3 Å². The van der Waals surface area contributed by atoms with Gasteiger partial charge in [-0.25, -0.2) is 4.39 Å². The summed E-state index contributed by atoms with van der Waals surface area (Å²) in [4.78, 5) is 0. The molecule has 0 aromatic heterocycles. The zero-order chi connectivity index (χ0) is 13.2. The Kier molecular flexibility index (Phi) is 7.06. The highest BCUT2D eigenvalue weighted by Gasteiger charge is 2.07. The summed E-state index contributed by atoms with van der Waals surface area (Å²) < 4.78 is 24.0. The van der Waals surface area contributed by atoms with Crippen LogP contribution in [0.4, 0.5) is 4.39 Å². The molecule has 0 heterocycles. The van der Waals surface area contributed by atoms with Crippen molar-refractivity contribution >= 4 is 0 Å². The van der Waals surface area contributed by atoms with Crippen molar-refractivity contribution in [3.05, 3.63) is 42.2 Å². The monoisotopic (exact) mass is 253 g/mol.